The molecule has 2 aromatic carbocycles. The number of benzene rings is 2. The highest BCUT2D eigenvalue weighted by Crippen LogP contribution is 2.18. The van der Waals surface area contributed by atoms with Gasteiger partial charge in [0.15, 0.2) is 0 Å². The minimum absolute atomic E-state index is 0.236. The summed E-state index contributed by atoms with van der Waals surface area (Å²) >= 11 is 3.23. The van der Waals surface area contributed by atoms with Crippen LogP contribution in [0, 0.1) is 5.82 Å². The molecular weight excluding hydrogens is 359 g/mol. The first-order valence-corrected chi connectivity index (χ1v) is 8.27. The molecule has 0 spiro atoms. The van der Waals surface area contributed by atoms with E-state index in [0.717, 1.165) is 5.56 Å². The Balaban J connectivity index is 1.85. The zero-order valence-corrected chi connectivity index (χ0v) is 14.6. The first kappa shape index (κ1) is 17.6. The number of hydrogen-bond donors (Lipinski definition) is 2. The summed E-state index contributed by atoms with van der Waals surface area (Å²) in [6.45, 7) is 2.14. The van der Waals surface area contributed by atoms with Gasteiger partial charge in [0, 0.05) is 11.0 Å². The Labute approximate surface area is 144 Å². The van der Waals surface area contributed by atoms with Crippen molar-refractivity contribution in [3.05, 3.63) is 69.9 Å². The maximum absolute atomic E-state index is 13.7. The van der Waals surface area contributed by atoms with Crippen molar-refractivity contribution in [1.82, 2.24) is 5.32 Å². The molecule has 0 aromatic heterocycles. The SMILES string of the molecule is CC(N)(C(=O)NCCCc1ccc(Br)cc1F)c1ccccc1. The van der Waals surface area contributed by atoms with Gasteiger partial charge in [-0.05, 0) is 43.0 Å². The second kappa shape index (κ2) is 7.70. The molecule has 0 heterocycles. The zero-order valence-electron chi connectivity index (χ0n) is 13.0. The van der Waals surface area contributed by atoms with Gasteiger partial charge in [-0.15, -0.1) is 0 Å². The Morgan fingerprint density at radius 1 is 1.26 bits per heavy atom. The Morgan fingerprint density at radius 2 is 1.96 bits per heavy atom. The van der Waals surface area contributed by atoms with E-state index in [1.165, 1.54) is 6.07 Å². The van der Waals surface area contributed by atoms with Crippen LogP contribution in [0.15, 0.2) is 53.0 Å². The fraction of sp³-hybridized carbons (Fsp3) is 0.278. The van der Waals surface area contributed by atoms with E-state index in [1.54, 1.807) is 13.0 Å². The lowest BCUT2D eigenvalue weighted by molar-refractivity contribution is -0.126. The normalized spacial score (nSPS) is 13.4. The number of carbonyl (C=O) groups is 1. The molecule has 0 saturated heterocycles. The van der Waals surface area contributed by atoms with Crippen molar-refractivity contribution in [3.8, 4) is 0 Å². The number of nitrogens with two attached hydrogens (primary N) is 1. The van der Waals surface area contributed by atoms with Crippen LogP contribution >= 0.6 is 15.9 Å². The van der Waals surface area contributed by atoms with Crippen molar-refractivity contribution < 1.29 is 9.18 Å². The van der Waals surface area contributed by atoms with E-state index in [2.05, 4.69) is 21.2 Å². The van der Waals surface area contributed by atoms with Crippen LogP contribution in [0.3, 0.4) is 0 Å². The van der Waals surface area contributed by atoms with Gasteiger partial charge in [0.05, 0.1) is 0 Å². The first-order valence-electron chi connectivity index (χ1n) is 7.48. The highest BCUT2D eigenvalue weighted by molar-refractivity contribution is 9.10. The first-order chi connectivity index (χ1) is 10.9. The molecule has 0 fully saturated rings. The van der Waals surface area contributed by atoms with Gasteiger partial charge in [-0.2, -0.15) is 0 Å². The molecule has 0 aliphatic heterocycles. The molecule has 0 bridgehead atoms. The number of aryl methyl sites for hydroxylation is 1. The largest absolute Gasteiger partial charge is 0.354 e. The van der Waals surface area contributed by atoms with Crippen LogP contribution in [0.1, 0.15) is 24.5 Å². The van der Waals surface area contributed by atoms with E-state index in [4.69, 9.17) is 5.73 Å². The second-order valence-corrected chi connectivity index (χ2v) is 6.58. The van der Waals surface area contributed by atoms with Crippen LogP contribution in [0.4, 0.5) is 4.39 Å². The molecular formula is C18H20BrFN2O. The summed E-state index contributed by atoms with van der Waals surface area (Å²) in [5.74, 6) is -0.473. The van der Waals surface area contributed by atoms with E-state index in [9.17, 15) is 9.18 Å². The maximum Gasteiger partial charge on any atom is 0.244 e. The molecule has 1 unspecified atom stereocenters. The molecule has 0 radical (unpaired) electrons. The Kier molecular flexibility index (Phi) is 5.91. The van der Waals surface area contributed by atoms with E-state index < -0.39 is 5.54 Å². The molecule has 0 aliphatic carbocycles. The van der Waals surface area contributed by atoms with Gasteiger partial charge in [-0.25, -0.2) is 4.39 Å². The van der Waals surface area contributed by atoms with Crippen molar-refractivity contribution >= 4 is 21.8 Å². The lowest BCUT2D eigenvalue weighted by Crippen LogP contribution is -2.49. The summed E-state index contributed by atoms with van der Waals surface area (Å²) < 4.78 is 14.4. The quantitative estimate of drug-likeness (QED) is 0.755. The highest BCUT2D eigenvalue weighted by atomic mass is 79.9. The number of rotatable bonds is 6. The predicted molar refractivity (Wildman–Crippen MR) is 93.4 cm³/mol. The number of hydrogen-bond acceptors (Lipinski definition) is 2. The molecule has 3 N–H and O–H groups in total. The molecule has 2 rings (SSSR count). The number of carbonyl (C=O) groups excluding carboxylic acids is 1. The van der Waals surface area contributed by atoms with Gasteiger partial charge >= 0.3 is 0 Å². The molecule has 5 heteroatoms. The molecule has 2 aromatic rings. The smallest absolute Gasteiger partial charge is 0.244 e. The number of nitrogens with one attached hydrogen (secondary N) is 1. The summed E-state index contributed by atoms with van der Waals surface area (Å²) in [7, 11) is 0. The summed E-state index contributed by atoms with van der Waals surface area (Å²) in [6, 6.07) is 14.2. The fourth-order valence-electron chi connectivity index (χ4n) is 2.30. The van der Waals surface area contributed by atoms with Crippen molar-refractivity contribution in [3.63, 3.8) is 0 Å². The standard InChI is InChI=1S/C18H20BrFN2O/c1-18(21,14-7-3-2-4-8-14)17(23)22-11-5-6-13-9-10-15(19)12-16(13)20/h2-4,7-10,12H,5-6,11,21H2,1H3,(H,22,23). The van der Waals surface area contributed by atoms with E-state index in [0.29, 0.717) is 29.4 Å². The molecule has 3 nitrogen and oxygen atoms in total. The molecule has 1 amide bonds. The molecule has 122 valence electrons. The zero-order chi connectivity index (χ0) is 16.9. The minimum Gasteiger partial charge on any atom is -0.354 e. The Morgan fingerprint density at radius 3 is 2.61 bits per heavy atom. The maximum atomic E-state index is 13.7. The van der Waals surface area contributed by atoms with Crippen molar-refractivity contribution in [2.75, 3.05) is 6.54 Å². The fourth-order valence-corrected chi connectivity index (χ4v) is 2.64. The second-order valence-electron chi connectivity index (χ2n) is 5.66. The van der Waals surface area contributed by atoms with Gasteiger partial charge in [0.25, 0.3) is 0 Å². The van der Waals surface area contributed by atoms with E-state index in [-0.39, 0.29) is 11.7 Å². The third kappa shape index (κ3) is 4.62. The van der Waals surface area contributed by atoms with E-state index >= 15 is 0 Å². The summed E-state index contributed by atoms with van der Waals surface area (Å²) in [5.41, 5.74) is 6.46. The number of halogens is 2. The van der Waals surface area contributed by atoms with Gasteiger partial charge in [-0.1, -0.05) is 52.3 Å². The predicted octanol–water partition coefficient (Wildman–Crippen LogP) is 3.51. The average molecular weight is 379 g/mol. The van der Waals surface area contributed by atoms with Crippen LogP contribution in [0.2, 0.25) is 0 Å². The third-order valence-corrected chi connectivity index (χ3v) is 4.26. The van der Waals surface area contributed by atoms with Crippen LogP contribution < -0.4 is 11.1 Å². The van der Waals surface area contributed by atoms with Crippen LogP contribution in [-0.4, -0.2) is 12.5 Å². The monoisotopic (exact) mass is 378 g/mol. The van der Waals surface area contributed by atoms with Crippen LogP contribution in [0.5, 0.6) is 0 Å². The lowest BCUT2D eigenvalue weighted by atomic mass is 9.92. The molecule has 0 aliphatic rings. The Bertz CT molecular complexity index is 674. The minimum atomic E-state index is -1.08. The van der Waals surface area contributed by atoms with Gasteiger partial charge < -0.3 is 11.1 Å². The summed E-state index contributed by atoms with van der Waals surface area (Å²) in [4.78, 5) is 12.3. The van der Waals surface area contributed by atoms with Crippen LogP contribution in [0.25, 0.3) is 0 Å². The van der Waals surface area contributed by atoms with Crippen LogP contribution in [-0.2, 0) is 16.8 Å². The summed E-state index contributed by atoms with van der Waals surface area (Å²) in [6.07, 6.45) is 1.21. The van der Waals surface area contributed by atoms with Crippen molar-refractivity contribution in [1.29, 1.82) is 0 Å². The number of amides is 1. The lowest BCUT2D eigenvalue weighted by Gasteiger charge is -2.24. The molecule has 1 atom stereocenters. The Hall–Kier alpha value is -1.72. The summed E-state index contributed by atoms with van der Waals surface area (Å²) in [5, 5.41) is 2.83. The van der Waals surface area contributed by atoms with Crippen molar-refractivity contribution in [2.24, 2.45) is 5.73 Å². The topological polar surface area (TPSA) is 55.1 Å². The van der Waals surface area contributed by atoms with Crippen molar-refractivity contribution in [2.45, 2.75) is 25.3 Å². The van der Waals surface area contributed by atoms with Gasteiger partial charge in [0.1, 0.15) is 11.4 Å². The average Bonchev–Trinajstić information content (AvgIpc) is 2.53. The van der Waals surface area contributed by atoms with Gasteiger partial charge in [0.2, 0.25) is 5.91 Å². The molecule has 23 heavy (non-hydrogen) atoms. The third-order valence-electron chi connectivity index (χ3n) is 3.77. The molecule has 0 saturated carbocycles. The highest BCUT2D eigenvalue weighted by Gasteiger charge is 2.29. The van der Waals surface area contributed by atoms with Gasteiger partial charge in [-0.3, -0.25) is 4.79 Å². The van der Waals surface area contributed by atoms with E-state index in [1.807, 2.05) is 36.4 Å².